The van der Waals surface area contributed by atoms with Gasteiger partial charge in [-0.05, 0) is 26.0 Å². The second kappa shape index (κ2) is 6.29. The zero-order valence-corrected chi connectivity index (χ0v) is 13.3. The Morgan fingerprint density at radius 2 is 1.78 bits per heavy atom. The summed E-state index contributed by atoms with van der Waals surface area (Å²) in [6, 6.07) is 5.49. The van der Waals surface area contributed by atoms with Crippen molar-refractivity contribution in [2.24, 2.45) is 0 Å². The fraction of sp³-hybridized carbons (Fsp3) is 0.286. The van der Waals surface area contributed by atoms with Crippen molar-refractivity contribution in [1.29, 1.82) is 0 Å². The van der Waals surface area contributed by atoms with Gasteiger partial charge in [0.2, 0.25) is 5.70 Å². The van der Waals surface area contributed by atoms with E-state index in [4.69, 9.17) is 9.47 Å². The molecule has 1 amide bonds. The maximum Gasteiger partial charge on any atom is 0.363 e. The van der Waals surface area contributed by atoms with E-state index < -0.39 is 33.5 Å². The molecular weight excluding hydrogens is 326 g/mol. The van der Waals surface area contributed by atoms with E-state index in [1.165, 1.54) is 38.1 Å². The molecule has 124 valence electrons. The Morgan fingerprint density at radius 1 is 1.17 bits per heavy atom. The largest absolute Gasteiger partial charge is 0.479 e. The van der Waals surface area contributed by atoms with Gasteiger partial charge in [-0.2, -0.15) is 4.31 Å². The van der Waals surface area contributed by atoms with Crippen LogP contribution in [0.15, 0.2) is 40.8 Å². The van der Waals surface area contributed by atoms with Crippen LogP contribution in [0.1, 0.15) is 24.2 Å². The Kier molecular flexibility index (Phi) is 4.60. The summed E-state index contributed by atoms with van der Waals surface area (Å²) in [6.07, 6.45) is 0. The molecule has 0 saturated carbocycles. The molecule has 1 heterocycles. The number of nitrogens with zero attached hydrogens (tertiary/aromatic N) is 1. The molecule has 0 unspecified atom stereocenters. The molecule has 0 atom stereocenters. The highest BCUT2D eigenvalue weighted by Gasteiger charge is 2.47. The first-order chi connectivity index (χ1) is 10.9. The Labute approximate surface area is 133 Å². The van der Waals surface area contributed by atoms with Gasteiger partial charge in [0.1, 0.15) is 4.90 Å². The molecule has 8 nitrogen and oxygen atoms in total. The number of amides is 1. The van der Waals surface area contributed by atoms with Gasteiger partial charge in [0, 0.05) is 0 Å². The molecule has 23 heavy (non-hydrogen) atoms. The molecule has 1 aliphatic rings. The molecular formula is C14H15NO7S. The van der Waals surface area contributed by atoms with Crippen molar-refractivity contribution in [2.45, 2.75) is 18.7 Å². The van der Waals surface area contributed by atoms with Gasteiger partial charge in [-0.3, -0.25) is 4.79 Å². The van der Waals surface area contributed by atoms with Gasteiger partial charge in [-0.1, -0.05) is 12.1 Å². The number of fused-ring (bicyclic) bond motifs is 1. The first kappa shape index (κ1) is 16.8. The quantitative estimate of drug-likeness (QED) is 0.486. The topological polar surface area (TPSA) is 110 Å². The van der Waals surface area contributed by atoms with Crippen LogP contribution in [-0.2, 0) is 24.3 Å². The van der Waals surface area contributed by atoms with Gasteiger partial charge in [-0.15, -0.1) is 0 Å². The van der Waals surface area contributed by atoms with Crippen LogP contribution in [0.25, 0.3) is 0 Å². The van der Waals surface area contributed by atoms with Gasteiger partial charge in [0.15, 0.2) is 0 Å². The molecule has 0 radical (unpaired) electrons. The van der Waals surface area contributed by atoms with Crippen molar-refractivity contribution in [2.75, 3.05) is 13.2 Å². The number of esters is 1. The summed E-state index contributed by atoms with van der Waals surface area (Å²) in [7, 11) is -4.34. The lowest BCUT2D eigenvalue weighted by atomic mass is 10.2. The SMILES string of the molecule is CCOC(=O)C(=C(O)OCC)N1C(=O)c2ccccc2S1(=O)=O. The Balaban J connectivity index is 2.64. The average Bonchev–Trinajstić information content (AvgIpc) is 2.70. The second-order valence-corrected chi connectivity index (χ2v) is 6.13. The summed E-state index contributed by atoms with van der Waals surface area (Å²) in [4.78, 5) is 24.2. The molecule has 9 heteroatoms. The minimum Gasteiger partial charge on any atom is -0.479 e. The van der Waals surface area contributed by atoms with E-state index in [-0.39, 0.29) is 28.0 Å². The molecule has 1 N–H and O–H groups in total. The predicted octanol–water partition coefficient (Wildman–Crippen LogP) is 1.16. The molecule has 0 fully saturated rings. The number of aliphatic hydroxyl groups excluding tert-OH is 1. The second-order valence-electron chi connectivity index (χ2n) is 4.38. The normalized spacial score (nSPS) is 16.6. The zero-order chi connectivity index (χ0) is 17.2. The minimum atomic E-state index is -4.34. The molecule has 1 aromatic rings. The van der Waals surface area contributed by atoms with Crippen LogP contribution in [0.3, 0.4) is 0 Å². The molecule has 0 aliphatic carbocycles. The summed E-state index contributed by atoms with van der Waals surface area (Å²) >= 11 is 0. The van der Waals surface area contributed by atoms with Crippen LogP contribution in [0.2, 0.25) is 0 Å². The van der Waals surface area contributed by atoms with E-state index in [2.05, 4.69) is 0 Å². The summed E-state index contributed by atoms with van der Waals surface area (Å²) in [6.45, 7) is 2.91. The van der Waals surface area contributed by atoms with Crippen LogP contribution in [0.5, 0.6) is 0 Å². The van der Waals surface area contributed by atoms with E-state index >= 15 is 0 Å². The maximum absolute atomic E-state index is 12.5. The average molecular weight is 341 g/mol. The van der Waals surface area contributed by atoms with Crippen LogP contribution in [0.4, 0.5) is 0 Å². The molecule has 0 saturated heterocycles. The maximum atomic E-state index is 12.5. The summed E-state index contributed by atoms with van der Waals surface area (Å²) < 4.78 is 34.8. The van der Waals surface area contributed by atoms with Crippen molar-refractivity contribution in [3.63, 3.8) is 0 Å². The van der Waals surface area contributed by atoms with E-state index in [1.807, 2.05) is 0 Å². The summed E-state index contributed by atoms with van der Waals surface area (Å²) in [5.74, 6) is -3.13. The molecule has 0 bridgehead atoms. The highest BCUT2D eigenvalue weighted by Crippen LogP contribution is 2.34. The van der Waals surface area contributed by atoms with E-state index in [9.17, 15) is 23.1 Å². The third kappa shape index (κ3) is 2.74. The van der Waals surface area contributed by atoms with Crippen molar-refractivity contribution in [3.8, 4) is 0 Å². The summed E-state index contributed by atoms with van der Waals surface area (Å²) in [5.41, 5.74) is -0.964. The highest BCUT2D eigenvalue weighted by atomic mass is 32.2. The first-order valence-corrected chi connectivity index (χ1v) is 8.22. The third-order valence-electron chi connectivity index (χ3n) is 2.98. The fourth-order valence-corrected chi connectivity index (χ4v) is 3.66. The van der Waals surface area contributed by atoms with Crippen molar-refractivity contribution >= 4 is 21.9 Å². The van der Waals surface area contributed by atoms with Crippen molar-refractivity contribution in [3.05, 3.63) is 41.5 Å². The monoisotopic (exact) mass is 341 g/mol. The van der Waals surface area contributed by atoms with E-state index in [1.54, 1.807) is 0 Å². The van der Waals surface area contributed by atoms with Gasteiger partial charge in [0.05, 0.1) is 18.8 Å². The number of ether oxygens (including phenoxy) is 2. The molecule has 2 rings (SSSR count). The van der Waals surface area contributed by atoms with E-state index in [0.717, 1.165) is 0 Å². The number of hydrogen-bond acceptors (Lipinski definition) is 7. The van der Waals surface area contributed by atoms with Crippen LogP contribution >= 0.6 is 0 Å². The Bertz CT molecular complexity index is 782. The standard InChI is InChI=1S/C14H15NO7S/c1-3-21-13(17)11(14(18)22-4-2)15-12(16)9-7-5-6-8-10(9)23(15,19)20/h5-8,17H,3-4H2,1-2H3. The number of carbonyl (C=O) groups excluding carboxylic acids is 2. The highest BCUT2D eigenvalue weighted by molar-refractivity contribution is 7.90. The first-order valence-electron chi connectivity index (χ1n) is 6.78. The predicted molar refractivity (Wildman–Crippen MR) is 77.7 cm³/mol. The van der Waals surface area contributed by atoms with Gasteiger partial charge < -0.3 is 14.6 Å². The Hall–Kier alpha value is -2.55. The van der Waals surface area contributed by atoms with Crippen molar-refractivity contribution < 1.29 is 32.6 Å². The minimum absolute atomic E-state index is 0.0379. The molecule has 1 aromatic carbocycles. The fourth-order valence-electron chi connectivity index (χ4n) is 2.07. The number of sulfonamides is 1. The van der Waals surface area contributed by atoms with Crippen LogP contribution < -0.4 is 0 Å². The lowest BCUT2D eigenvalue weighted by molar-refractivity contribution is -0.140. The number of benzene rings is 1. The lowest BCUT2D eigenvalue weighted by Crippen LogP contribution is -2.35. The van der Waals surface area contributed by atoms with Gasteiger partial charge in [0.25, 0.3) is 15.9 Å². The smallest absolute Gasteiger partial charge is 0.363 e. The van der Waals surface area contributed by atoms with Gasteiger partial charge >= 0.3 is 11.9 Å². The number of carbonyl (C=O) groups is 2. The Morgan fingerprint density at radius 3 is 2.35 bits per heavy atom. The number of rotatable bonds is 5. The lowest BCUT2D eigenvalue weighted by Gasteiger charge is -2.18. The molecule has 1 aliphatic heterocycles. The number of aliphatic hydroxyl groups is 1. The van der Waals surface area contributed by atoms with E-state index in [0.29, 0.717) is 0 Å². The molecule has 0 aromatic heterocycles. The summed E-state index contributed by atoms with van der Waals surface area (Å²) in [5, 5.41) is 9.89. The number of hydrogen-bond donors (Lipinski definition) is 1. The zero-order valence-electron chi connectivity index (χ0n) is 12.5. The molecule has 0 spiro atoms. The van der Waals surface area contributed by atoms with Gasteiger partial charge in [-0.25, -0.2) is 13.2 Å². The van der Waals surface area contributed by atoms with Crippen LogP contribution in [0, 0.1) is 0 Å². The van der Waals surface area contributed by atoms with Crippen LogP contribution in [-0.4, -0.2) is 42.9 Å². The third-order valence-corrected chi connectivity index (χ3v) is 4.72. The van der Waals surface area contributed by atoms with Crippen molar-refractivity contribution in [1.82, 2.24) is 4.31 Å².